The second-order valence-electron chi connectivity index (χ2n) is 4.80. The van der Waals surface area contributed by atoms with Crippen molar-refractivity contribution in [3.8, 4) is 0 Å². The number of piperidine rings is 1. The van der Waals surface area contributed by atoms with Crippen LogP contribution in [0, 0.1) is 0 Å². The normalized spacial score (nSPS) is 19.3. The summed E-state index contributed by atoms with van der Waals surface area (Å²) >= 11 is 3.39. The second-order valence-corrected chi connectivity index (χ2v) is 5.71. The van der Waals surface area contributed by atoms with Gasteiger partial charge in [0.2, 0.25) is 0 Å². The number of urea groups is 1. The largest absolute Gasteiger partial charge is 0.396 e. The van der Waals surface area contributed by atoms with Gasteiger partial charge in [0, 0.05) is 29.4 Å². The molecule has 1 fully saturated rings. The molecule has 1 unspecified atom stereocenters. The highest BCUT2D eigenvalue weighted by molar-refractivity contribution is 9.10. The summed E-state index contributed by atoms with van der Waals surface area (Å²) in [7, 11) is 0. The van der Waals surface area contributed by atoms with Crippen molar-refractivity contribution in [2.24, 2.45) is 0 Å². The molecule has 1 aliphatic rings. The number of aliphatic hydroxyl groups excluding tert-OH is 1. The first-order valence-corrected chi connectivity index (χ1v) is 7.44. The van der Waals surface area contributed by atoms with E-state index in [2.05, 4.69) is 21.2 Å². The molecule has 1 saturated heterocycles. The summed E-state index contributed by atoms with van der Waals surface area (Å²) in [5, 5.41) is 12.0. The van der Waals surface area contributed by atoms with Gasteiger partial charge < -0.3 is 15.3 Å². The zero-order chi connectivity index (χ0) is 13.7. The van der Waals surface area contributed by atoms with Gasteiger partial charge in [0.05, 0.1) is 0 Å². The quantitative estimate of drug-likeness (QED) is 0.896. The molecule has 2 N–H and O–H groups in total. The fraction of sp³-hybridized carbons (Fsp3) is 0.500. The van der Waals surface area contributed by atoms with Crippen molar-refractivity contribution < 1.29 is 9.90 Å². The molecule has 0 aromatic heterocycles. The molecule has 2 rings (SSSR count). The molecular formula is C14H19BrN2O2. The van der Waals surface area contributed by atoms with Crippen molar-refractivity contribution in [3.05, 3.63) is 28.7 Å². The van der Waals surface area contributed by atoms with Crippen LogP contribution < -0.4 is 5.32 Å². The van der Waals surface area contributed by atoms with E-state index >= 15 is 0 Å². The Labute approximate surface area is 121 Å². The predicted octanol–water partition coefficient (Wildman–Crippen LogP) is 3.22. The lowest BCUT2D eigenvalue weighted by Crippen LogP contribution is -2.46. The van der Waals surface area contributed by atoms with Crippen LogP contribution in [-0.2, 0) is 0 Å². The van der Waals surface area contributed by atoms with E-state index in [1.165, 1.54) is 0 Å². The average Bonchev–Trinajstić information content (AvgIpc) is 2.39. The van der Waals surface area contributed by atoms with Gasteiger partial charge >= 0.3 is 6.03 Å². The van der Waals surface area contributed by atoms with Gasteiger partial charge in [-0.1, -0.05) is 22.0 Å². The Balaban J connectivity index is 2.01. The van der Waals surface area contributed by atoms with Crippen LogP contribution in [-0.4, -0.2) is 35.2 Å². The lowest BCUT2D eigenvalue weighted by atomic mass is 10.0. The lowest BCUT2D eigenvalue weighted by Gasteiger charge is -2.35. The number of rotatable bonds is 3. The van der Waals surface area contributed by atoms with Crippen molar-refractivity contribution >= 4 is 27.6 Å². The average molecular weight is 327 g/mol. The van der Waals surface area contributed by atoms with Gasteiger partial charge in [-0.25, -0.2) is 4.79 Å². The van der Waals surface area contributed by atoms with Crippen LogP contribution in [0.3, 0.4) is 0 Å². The number of nitrogens with zero attached hydrogens (tertiary/aromatic N) is 1. The zero-order valence-electron chi connectivity index (χ0n) is 10.8. The summed E-state index contributed by atoms with van der Waals surface area (Å²) in [6.07, 6.45) is 3.80. The zero-order valence-corrected chi connectivity index (χ0v) is 12.4. The summed E-state index contributed by atoms with van der Waals surface area (Å²) in [6.45, 7) is 0.899. The van der Waals surface area contributed by atoms with Crippen LogP contribution in [0.1, 0.15) is 25.7 Å². The first kappa shape index (κ1) is 14.3. The van der Waals surface area contributed by atoms with E-state index in [0.29, 0.717) is 6.42 Å². The molecule has 1 heterocycles. The molecule has 0 bridgehead atoms. The third-order valence-corrected chi connectivity index (χ3v) is 3.92. The first-order valence-electron chi connectivity index (χ1n) is 6.65. The minimum atomic E-state index is -0.0729. The summed E-state index contributed by atoms with van der Waals surface area (Å²) < 4.78 is 0.941. The van der Waals surface area contributed by atoms with Gasteiger partial charge in [0.15, 0.2) is 0 Å². The molecule has 1 aromatic carbocycles. The fourth-order valence-electron chi connectivity index (χ4n) is 2.48. The van der Waals surface area contributed by atoms with E-state index in [1.807, 2.05) is 29.2 Å². The Morgan fingerprint density at radius 3 is 3.05 bits per heavy atom. The van der Waals surface area contributed by atoms with Crippen molar-refractivity contribution in [1.29, 1.82) is 0 Å². The molecule has 0 aliphatic carbocycles. The second kappa shape index (κ2) is 6.91. The Kier molecular flexibility index (Phi) is 5.22. The van der Waals surface area contributed by atoms with Crippen molar-refractivity contribution in [1.82, 2.24) is 4.90 Å². The number of likely N-dealkylation sites (tertiary alicyclic amines) is 1. The van der Waals surface area contributed by atoms with Gasteiger partial charge in [-0.3, -0.25) is 0 Å². The number of aliphatic hydroxyl groups is 1. The number of carbonyl (C=O) groups is 1. The molecule has 0 saturated carbocycles. The van der Waals surface area contributed by atoms with Crippen LogP contribution in [0.4, 0.5) is 10.5 Å². The maximum Gasteiger partial charge on any atom is 0.322 e. The standard InChI is InChI=1S/C14H19BrN2O2/c15-11-4-3-5-12(10-11)16-14(19)17-8-2-1-6-13(17)7-9-18/h3-5,10,13,18H,1-2,6-9H2,(H,16,19). The predicted molar refractivity (Wildman–Crippen MR) is 79.2 cm³/mol. The Morgan fingerprint density at radius 1 is 1.47 bits per heavy atom. The van der Waals surface area contributed by atoms with E-state index in [4.69, 9.17) is 5.11 Å². The number of hydrogen-bond donors (Lipinski definition) is 2. The fourth-order valence-corrected chi connectivity index (χ4v) is 2.88. The van der Waals surface area contributed by atoms with Crippen LogP contribution in [0.5, 0.6) is 0 Å². The molecule has 2 amide bonds. The van der Waals surface area contributed by atoms with Gasteiger partial charge in [-0.2, -0.15) is 0 Å². The molecule has 5 heteroatoms. The number of carbonyl (C=O) groups excluding carboxylic acids is 1. The molecular weight excluding hydrogens is 308 g/mol. The number of nitrogens with one attached hydrogen (secondary N) is 1. The number of hydrogen-bond acceptors (Lipinski definition) is 2. The molecule has 1 aromatic rings. The van der Waals surface area contributed by atoms with Crippen molar-refractivity contribution in [3.63, 3.8) is 0 Å². The van der Waals surface area contributed by atoms with Gasteiger partial charge in [0.25, 0.3) is 0 Å². The summed E-state index contributed by atoms with van der Waals surface area (Å²) in [4.78, 5) is 14.1. The van der Waals surface area contributed by atoms with Crippen LogP contribution in [0.2, 0.25) is 0 Å². The molecule has 4 nitrogen and oxygen atoms in total. The minimum absolute atomic E-state index is 0.0729. The van der Waals surface area contributed by atoms with E-state index in [9.17, 15) is 4.79 Å². The molecule has 19 heavy (non-hydrogen) atoms. The molecule has 1 aliphatic heterocycles. The van der Waals surface area contributed by atoms with Crippen molar-refractivity contribution in [2.75, 3.05) is 18.5 Å². The van der Waals surface area contributed by atoms with Gasteiger partial charge in [0.1, 0.15) is 0 Å². The highest BCUT2D eigenvalue weighted by atomic mass is 79.9. The first-order chi connectivity index (χ1) is 9.20. The molecule has 104 valence electrons. The third kappa shape index (κ3) is 3.94. The smallest absolute Gasteiger partial charge is 0.322 e. The lowest BCUT2D eigenvalue weighted by molar-refractivity contribution is 0.141. The van der Waals surface area contributed by atoms with Gasteiger partial charge in [-0.15, -0.1) is 0 Å². The molecule has 0 spiro atoms. The Hall–Kier alpha value is -1.07. The molecule has 1 atom stereocenters. The van der Waals surface area contributed by atoms with Crippen LogP contribution >= 0.6 is 15.9 Å². The Bertz CT molecular complexity index is 437. The van der Waals surface area contributed by atoms with E-state index in [-0.39, 0.29) is 18.7 Å². The van der Waals surface area contributed by atoms with E-state index in [0.717, 1.165) is 36.0 Å². The van der Waals surface area contributed by atoms with Crippen LogP contribution in [0.25, 0.3) is 0 Å². The third-order valence-electron chi connectivity index (χ3n) is 3.43. The van der Waals surface area contributed by atoms with Gasteiger partial charge in [-0.05, 0) is 43.9 Å². The minimum Gasteiger partial charge on any atom is -0.396 e. The number of anilines is 1. The maximum absolute atomic E-state index is 12.3. The Morgan fingerprint density at radius 2 is 2.32 bits per heavy atom. The summed E-state index contributed by atoms with van der Waals surface area (Å²) in [6, 6.07) is 7.64. The highest BCUT2D eigenvalue weighted by Gasteiger charge is 2.26. The van der Waals surface area contributed by atoms with E-state index < -0.39 is 0 Å². The van der Waals surface area contributed by atoms with Crippen molar-refractivity contribution in [2.45, 2.75) is 31.7 Å². The van der Waals surface area contributed by atoms with E-state index in [1.54, 1.807) is 0 Å². The topological polar surface area (TPSA) is 52.6 Å². The maximum atomic E-state index is 12.3. The number of benzene rings is 1. The van der Waals surface area contributed by atoms with Crippen LogP contribution in [0.15, 0.2) is 28.7 Å². The number of amides is 2. The summed E-state index contributed by atoms with van der Waals surface area (Å²) in [5.41, 5.74) is 0.785. The number of halogens is 1. The SMILES string of the molecule is O=C(Nc1cccc(Br)c1)N1CCCCC1CCO. The molecule has 0 radical (unpaired) electrons. The highest BCUT2D eigenvalue weighted by Crippen LogP contribution is 2.21. The summed E-state index contributed by atoms with van der Waals surface area (Å²) in [5.74, 6) is 0. The monoisotopic (exact) mass is 326 g/mol.